The van der Waals surface area contributed by atoms with Crippen molar-refractivity contribution >= 4 is 18.0 Å². The molecule has 25 heavy (non-hydrogen) atoms. The van der Waals surface area contributed by atoms with Gasteiger partial charge < -0.3 is 19.3 Å². The van der Waals surface area contributed by atoms with Crippen molar-refractivity contribution in [3.05, 3.63) is 0 Å². The first kappa shape index (κ1) is 19.5. The Morgan fingerprint density at radius 3 is 1.80 bits per heavy atom. The topological polar surface area (TPSA) is 76.2 Å². The number of hydrogen-bond donors (Lipinski definition) is 0. The van der Waals surface area contributed by atoms with Gasteiger partial charge in [-0.1, -0.05) is 0 Å². The SMILES string of the molecule is COC(=O)C1CCC(C(=O)N2CCN(C(=O)OC(C)(C)C)CC2)CC1. The van der Waals surface area contributed by atoms with Gasteiger partial charge in [-0.3, -0.25) is 9.59 Å². The molecule has 2 amide bonds. The molecule has 7 nitrogen and oxygen atoms in total. The Morgan fingerprint density at radius 1 is 0.840 bits per heavy atom. The maximum atomic E-state index is 12.7. The van der Waals surface area contributed by atoms with Gasteiger partial charge in [0.15, 0.2) is 0 Å². The van der Waals surface area contributed by atoms with E-state index in [9.17, 15) is 14.4 Å². The monoisotopic (exact) mass is 354 g/mol. The lowest BCUT2D eigenvalue weighted by molar-refractivity contribution is -0.149. The standard InChI is InChI=1S/C18H30N2O5/c1-18(2,3)25-17(23)20-11-9-19(10-12-20)15(21)13-5-7-14(8-6-13)16(22)24-4/h13-14H,5-12H2,1-4H3. The molecule has 1 saturated carbocycles. The molecule has 1 heterocycles. The predicted octanol–water partition coefficient (Wildman–Crippen LogP) is 2.05. The summed E-state index contributed by atoms with van der Waals surface area (Å²) in [5.74, 6) is -0.115. The van der Waals surface area contributed by atoms with Crippen molar-refractivity contribution in [1.29, 1.82) is 0 Å². The smallest absolute Gasteiger partial charge is 0.410 e. The van der Waals surface area contributed by atoms with E-state index in [1.54, 1.807) is 4.90 Å². The second kappa shape index (κ2) is 8.06. The van der Waals surface area contributed by atoms with Crippen LogP contribution >= 0.6 is 0 Å². The molecule has 7 heteroatoms. The largest absolute Gasteiger partial charge is 0.469 e. The highest BCUT2D eigenvalue weighted by atomic mass is 16.6. The third-order valence-electron chi connectivity index (χ3n) is 4.85. The van der Waals surface area contributed by atoms with Gasteiger partial charge in [0.2, 0.25) is 5.91 Å². The summed E-state index contributed by atoms with van der Waals surface area (Å²) in [5.41, 5.74) is -0.512. The fourth-order valence-electron chi connectivity index (χ4n) is 3.44. The summed E-state index contributed by atoms with van der Waals surface area (Å²) in [4.78, 5) is 39.8. The summed E-state index contributed by atoms with van der Waals surface area (Å²) in [5, 5.41) is 0. The number of esters is 1. The zero-order chi connectivity index (χ0) is 18.6. The van der Waals surface area contributed by atoms with Crippen molar-refractivity contribution in [2.75, 3.05) is 33.3 Å². The Hall–Kier alpha value is -1.79. The summed E-state index contributed by atoms with van der Waals surface area (Å²) >= 11 is 0. The average Bonchev–Trinajstić information content (AvgIpc) is 2.59. The second-order valence-corrected chi connectivity index (χ2v) is 7.86. The molecule has 0 unspecified atom stereocenters. The highest BCUT2D eigenvalue weighted by molar-refractivity contribution is 5.80. The lowest BCUT2D eigenvalue weighted by Gasteiger charge is -2.38. The molecule has 0 atom stereocenters. The van der Waals surface area contributed by atoms with Crippen LogP contribution in [-0.4, -0.2) is 66.7 Å². The highest BCUT2D eigenvalue weighted by Crippen LogP contribution is 2.31. The lowest BCUT2D eigenvalue weighted by atomic mass is 9.81. The van der Waals surface area contributed by atoms with E-state index in [0.29, 0.717) is 39.0 Å². The van der Waals surface area contributed by atoms with Gasteiger partial charge in [-0.2, -0.15) is 0 Å². The molecule has 0 aromatic rings. The summed E-state index contributed by atoms with van der Waals surface area (Å²) in [6.45, 7) is 7.60. The maximum absolute atomic E-state index is 12.7. The molecule has 2 aliphatic rings. The van der Waals surface area contributed by atoms with Crippen LogP contribution in [0.3, 0.4) is 0 Å². The summed E-state index contributed by atoms with van der Waals surface area (Å²) < 4.78 is 10.2. The van der Waals surface area contributed by atoms with E-state index in [0.717, 1.165) is 12.8 Å². The Morgan fingerprint density at radius 2 is 1.32 bits per heavy atom. The number of amides is 2. The van der Waals surface area contributed by atoms with Gasteiger partial charge in [0.25, 0.3) is 0 Å². The zero-order valence-corrected chi connectivity index (χ0v) is 15.7. The number of hydrogen-bond acceptors (Lipinski definition) is 5. The quantitative estimate of drug-likeness (QED) is 0.709. The number of rotatable bonds is 2. The van der Waals surface area contributed by atoms with Crippen LogP contribution in [-0.2, 0) is 19.1 Å². The third kappa shape index (κ3) is 5.34. The van der Waals surface area contributed by atoms with Crippen LogP contribution in [0.25, 0.3) is 0 Å². The van der Waals surface area contributed by atoms with Gasteiger partial charge >= 0.3 is 12.1 Å². The van der Waals surface area contributed by atoms with Crippen LogP contribution in [0.5, 0.6) is 0 Å². The number of ether oxygens (including phenoxy) is 2. The minimum atomic E-state index is -0.512. The van der Waals surface area contributed by atoms with Crippen LogP contribution in [0.15, 0.2) is 0 Å². The average molecular weight is 354 g/mol. The Kier molecular flexibility index (Phi) is 6.30. The number of methoxy groups -OCH3 is 1. The third-order valence-corrected chi connectivity index (χ3v) is 4.85. The first-order chi connectivity index (χ1) is 11.7. The number of carbonyl (C=O) groups excluding carboxylic acids is 3. The minimum Gasteiger partial charge on any atom is -0.469 e. The normalized spacial score (nSPS) is 24.6. The van der Waals surface area contributed by atoms with Crippen LogP contribution in [0.4, 0.5) is 4.79 Å². The van der Waals surface area contributed by atoms with E-state index in [2.05, 4.69) is 0 Å². The molecule has 0 radical (unpaired) electrons. The first-order valence-corrected chi connectivity index (χ1v) is 9.06. The Balaban J connectivity index is 1.78. The molecular weight excluding hydrogens is 324 g/mol. The van der Waals surface area contributed by atoms with Gasteiger partial charge in [0.05, 0.1) is 13.0 Å². The summed E-state index contributed by atoms with van der Waals surface area (Å²) in [7, 11) is 1.41. The molecule has 1 saturated heterocycles. The molecule has 0 bridgehead atoms. The van der Waals surface area contributed by atoms with Crippen LogP contribution in [0, 0.1) is 11.8 Å². The van der Waals surface area contributed by atoms with Gasteiger partial charge in [-0.05, 0) is 46.5 Å². The lowest BCUT2D eigenvalue weighted by Crippen LogP contribution is -2.53. The molecule has 142 valence electrons. The van der Waals surface area contributed by atoms with Crippen molar-refractivity contribution in [3.63, 3.8) is 0 Å². The number of piperazine rings is 1. The zero-order valence-electron chi connectivity index (χ0n) is 15.7. The fraction of sp³-hybridized carbons (Fsp3) is 0.833. The molecule has 0 N–H and O–H groups in total. The molecule has 1 aliphatic heterocycles. The highest BCUT2D eigenvalue weighted by Gasteiger charge is 2.34. The molecule has 0 spiro atoms. The summed E-state index contributed by atoms with van der Waals surface area (Å²) in [6.07, 6.45) is 2.55. The van der Waals surface area contributed by atoms with E-state index in [1.165, 1.54) is 7.11 Å². The molecule has 2 fully saturated rings. The van der Waals surface area contributed by atoms with Crippen molar-refractivity contribution in [1.82, 2.24) is 9.80 Å². The van der Waals surface area contributed by atoms with Crippen molar-refractivity contribution in [2.45, 2.75) is 52.1 Å². The molecule has 2 rings (SSSR count). The molecule has 0 aromatic heterocycles. The molecule has 0 aromatic carbocycles. The minimum absolute atomic E-state index is 0.0195. The Labute approximate surface area is 149 Å². The number of carbonyl (C=O) groups is 3. The Bertz CT molecular complexity index is 498. The molecular formula is C18H30N2O5. The predicted molar refractivity (Wildman–Crippen MR) is 91.9 cm³/mol. The second-order valence-electron chi connectivity index (χ2n) is 7.86. The van der Waals surface area contributed by atoms with Gasteiger partial charge in [-0.25, -0.2) is 4.79 Å². The van der Waals surface area contributed by atoms with E-state index in [-0.39, 0.29) is 29.8 Å². The van der Waals surface area contributed by atoms with Gasteiger partial charge in [-0.15, -0.1) is 0 Å². The van der Waals surface area contributed by atoms with E-state index in [1.807, 2.05) is 25.7 Å². The number of nitrogens with zero attached hydrogens (tertiary/aromatic N) is 2. The summed E-state index contributed by atoms with van der Waals surface area (Å²) in [6, 6.07) is 0. The first-order valence-electron chi connectivity index (χ1n) is 9.06. The fourth-order valence-corrected chi connectivity index (χ4v) is 3.44. The maximum Gasteiger partial charge on any atom is 0.410 e. The van der Waals surface area contributed by atoms with Gasteiger partial charge in [0, 0.05) is 32.1 Å². The van der Waals surface area contributed by atoms with E-state index >= 15 is 0 Å². The van der Waals surface area contributed by atoms with Crippen molar-refractivity contribution in [3.8, 4) is 0 Å². The van der Waals surface area contributed by atoms with E-state index < -0.39 is 5.60 Å². The van der Waals surface area contributed by atoms with E-state index in [4.69, 9.17) is 9.47 Å². The van der Waals surface area contributed by atoms with Crippen LogP contribution in [0.2, 0.25) is 0 Å². The van der Waals surface area contributed by atoms with Crippen LogP contribution in [0.1, 0.15) is 46.5 Å². The van der Waals surface area contributed by atoms with Gasteiger partial charge in [0.1, 0.15) is 5.60 Å². The van der Waals surface area contributed by atoms with Crippen molar-refractivity contribution in [2.24, 2.45) is 11.8 Å². The molecule has 1 aliphatic carbocycles. The van der Waals surface area contributed by atoms with Crippen molar-refractivity contribution < 1.29 is 23.9 Å². The van der Waals surface area contributed by atoms with Crippen LogP contribution < -0.4 is 0 Å².